The number of aliphatic hydroxyl groups is 3. The smallest absolute Gasteiger partial charge is 0.175 e. The van der Waals surface area contributed by atoms with E-state index in [0.29, 0.717) is 0 Å². The first kappa shape index (κ1) is 10.8. The van der Waals surface area contributed by atoms with Crippen LogP contribution in [0, 0.1) is 0 Å². The molecule has 13 heavy (non-hydrogen) atoms. The standard InChI is InChI=1S/C7H15NO5/c1-12-7-4(8)5(11)6(13-7)3(10)2-9/h3-7,9-11H,2,8H2,1H3/t3-,4-,5-,6-,7+/m1/s1. The predicted molar refractivity (Wildman–Crippen MR) is 42.7 cm³/mol. The lowest BCUT2D eigenvalue weighted by molar-refractivity contribution is -0.152. The lowest BCUT2D eigenvalue weighted by Gasteiger charge is -2.18. The molecule has 1 rings (SSSR count). The number of hydrogen-bond donors (Lipinski definition) is 4. The lowest BCUT2D eigenvalue weighted by atomic mass is 10.1. The number of aliphatic hydroxyl groups excluding tert-OH is 3. The Hall–Kier alpha value is -0.240. The highest BCUT2D eigenvalue weighted by Crippen LogP contribution is 2.22. The molecular formula is C7H15NO5. The summed E-state index contributed by atoms with van der Waals surface area (Å²) in [4.78, 5) is 0. The van der Waals surface area contributed by atoms with Crippen LogP contribution in [0.4, 0.5) is 0 Å². The van der Waals surface area contributed by atoms with Gasteiger partial charge in [0.05, 0.1) is 12.6 Å². The third-order valence-corrected chi connectivity index (χ3v) is 2.14. The maximum absolute atomic E-state index is 9.46. The van der Waals surface area contributed by atoms with E-state index in [1.54, 1.807) is 0 Å². The van der Waals surface area contributed by atoms with Gasteiger partial charge in [0.1, 0.15) is 18.3 Å². The van der Waals surface area contributed by atoms with Crippen molar-refractivity contribution in [2.45, 2.75) is 30.6 Å². The van der Waals surface area contributed by atoms with E-state index in [9.17, 15) is 10.2 Å². The van der Waals surface area contributed by atoms with E-state index in [2.05, 4.69) is 0 Å². The highest BCUT2D eigenvalue weighted by atomic mass is 16.7. The second kappa shape index (κ2) is 4.32. The normalized spacial score (nSPS) is 42.2. The van der Waals surface area contributed by atoms with E-state index in [4.69, 9.17) is 20.3 Å². The molecule has 0 amide bonds. The lowest BCUT2D eigenvalue weighted by Crippen LogP contribution is -2.44. The molecule has 1 fully saturated rings. The molecule has 5 N–H and O–H groups in total. The van der Waals surface area contributed by atoms with E-state index < -0.39 is 37.3 Å². The summed E-state index contributed by atoms with van der Waals surface area (Å²) >= 11 is 0. The van der Waals surface area contributed by atoms with Crippen molar-refractivity contribution in [3.63, 3.8) is 0 Å². The minimum absolute atomic E-state index is 0.481. The third-order valence-electron chi connectivity index (χ3n) is 2.14. The maximum atomic E-state index is 9.46. The zero-order valence-electron chi connectivity index (χ0n) is 7.33. The van der Waals surface area contributed by atoms with Gasteiger partial charge in [-0.2, -0.15) is 0 Å². The highest BCUT2D eigenvalue weighted by Gasteiger charge is 2.44. The average molecular weight is 193 g/mol. The summed E-state index contributed by atoms with van der Waals surface area (Å²) in [6.45, 7) is -0.481. The number of rotatable bonds is 3. The molecule has 0 spiro atoms. The summed E-state index contributed by atoms with van der Waals surface area (Å²) < 4.78 is 9.90. The Balaban J connectivity index is 2.60. The predicted octanol–water partition coefficient (Wildman–Crippen LogP) is -2.60. The van der Waals surface area contributed by atoms with Crippen LogP contribution in [-0.4, -0.2) is 59.7 Å². The van der Waals surface area contributed by atoms with Crippen molar-refractivity contribution in [2.75, 3.05) is 13.7 Å². The molecule has 78 valence electrons. The molecule has 5 atom stereocenters. The summed E-state index contributed by atoms with van der Waals surface area (Å²) in [6, 6.07) is -0.698. The second-order valence-electron chi connectivity index (χ2n) is 3.02. The van der Waals surface area contributed by atoms with Crippen molar-refractivity contribution in [1.82, 2.24) is 0 Å². The van der Waals surface area contributed by atoms with E-state index in [1.165, 1.54) is 7.11 Å². The van der Waals surface area contributed by atoms with Gasteiger partial charge < -0.3 is 30.5 Å². The van der Waals surface area contributed by atoms with E-state index in [0.717, 1.165) is 0 Å². The van der Waals surface area contributed by atoms with E-state index in [1.807, 2.05) is 0 Å². The molecule has 6 heteroatoms. The van der Waals surface area contributed by atoms with Crippen LogP contribution in [-0.2, 0) is 9.47 Å². The summed E-state index contributed by atoms with van der Waals surface area (Å²) in [6.07, 6.45) is -3.78. The van der Waals surface area contributed by atoms with Gasteiger partial charge >= 0.3 is 0 Å². The van der Waals surface area contributed by atoms with Crippen LogP contribution in [0.5, 0.6) is 0 Å². The fourth-order valence-electron chi connectivity index (χ4n) is 1.34. The zero-order chi connectivity index (χ0) is 10.0. The molecule has 1 aliphatic rings. The van der Waals surface area contributed by atoms with Gasteiger partial charge in [0.25, 0.3) is 0 Å². The number of methoxy groups -OCH3 is 1. The van der Waals surface area contributed by atoms with Gasteiger partial charge in [-0.25, -0.2) is 0 Å². The first-order valence-electron chi connectivity index (χ1n) is 4.02. The number of nitrogens with two attached hydrogens (primary N) is 1. The zero-order valence-corrected chi connectivity index (χ0v) is 7.33. The molecule has 1 aliphatic heterocycles. The summed E-state index contributed by atoms with van der Waals surface area (Å²) in [7, 11) is 1.39. The fourth-order valence-corrected chi connectivity index (χ4v) is 1.34. The summed E-state index contributed by atoms with van der Waals surface area (Å²) in [5.74, 6) is 0. The second-order valence-corrected chi connectivity index (χ2v) is 3.02. The quantitative estimate of drug-likeness (QED) is 0.391. The first-order chi connectivity index (χ1) is 6.11. The topological polar surface area (TPSA) is 105 Å². The van der Waals surface area contributed by atoms with Crippen LogP contribution in [0.3, 0.4) is 0 Å². The van der Waals surface area contributed by atoms with Crippen molar-refractivity contribution in [3.8, 4) is 0 Å². The molecule has 0 aromatic rings. The molecule has 0 bridgehead atoms. The van der Waals surface area contributed by atoms with Crippen LogP contribution >= 0.6 is 0 Å². The van der Waals surface area contributed by atoms with E-state index >= 15 is 0 Å². The average Bonchev–Trinajstić information content (AvgIpc) is 2.43. The van der Waals surface area contributed by atoms with Gasteiger partial charge in [0.15, 0.2) is 6.29 Å². The van der Waals surface area contributed by atoms with Crippen LogP contribution in [0.15, 0.2) is 0 Å². The van der Waals surface area contributed by atoms with Crippen LogP contribution in [0.1, 0.15) is 0 Å². The van der Waals surface area contributed by atoms with Crippen molar-refractivity contribution >= 4 is 0 Å². The molecule has 0 aliphatic carbocycles. The van der Waals surface area contributed by atoms with Crippen LogP contribution in [0.2, 0.25) is 0 Å². The summed E-state index contributed by atoms with van der Waals surface area (Å²) in [5.41, 5.74) is 5.52. The van der Waals surface area contributed by atoms with Crippen molar-refractivity contribution in [1.29, 1.82) is 0 Å². The Kier molecular flexibility index (Phi) is 3.60. The Morgan fingerprint density at radius 3 is 2.62 bits per heavy atom. The van der Waals surface area contributed by atoms with Crippen molar-refractivity contribution < 1.29 is 24.8 Å². The summed E-state index contributed by atoms with van der Waals surface area (Å²) in [5, 5.41) is 27.3. The van der Waals surface area contributed by atoms with Crippen molar-refractivity contribution in [3.05, 3.63) is 0 Å². The van der Waals surface area contributed by atoms with Gasteiger partial charge in [-0.15, -0.1) is 0 Å². The Bertz CT molecular complexity index is 167. The molecule has 0 saturated carbocycles. The maximum Gasteiger partial charge on any atom is 0.175 e. The minimum atomic E-state index is -1.14. The Morgan fingerprint density at radius 2 is 2.23 bits per heavy atom. The van der Waals surface area contributed by atoms with Gasteiger partial charge in [0.2, 0.25) is 0 Å². The monoisotopic (exact) mass is 193 g/mol. The highest BCUT2D eigenvalue weighted by molar-refractivity contribution is 4.92. The molecule has 6 nitrogen and oxygen atoms in total. The Morgan fingerprint density at radius 1 is 1.62 bits per heavy atom. The fraction of sp³-hybridized carbons (Fsp3) is 1.00. The van der Waals surface area contributed by atoms with Crippen LogP contribution < -0.4 is 5.73 Å². The van der Waals surface area contributed by atoms with Gasteiger partial charge in [-0.05, 0) is 0 Å². The van der Waals surface area contributed by atoms with E-state index in [-0.39, 0.29) is 0 Å². The Labute approximate surface area is 75.9 Å². The van der Waals surface area contributed by atoms with Crippen molar-refractivity contribution in [2.24, 2.45) is 5.73 Å². The largest absolute Gasteiger partial charge is 0.394 e. The van der Waals surface area contributed by atoms with Gasteiger partial charge in [0, 0.05) is 7.11 Å². The third kappa shape index (κ3) is 1.98. The minimum Gasteiger partial charge on any atom is -0.394 e. The number of ether oxygens (including phenoxy) is 2. The molecule has 0 aromatic heterocycles. The molecular weight excluding hydrogens is 178 g/mol. The van der Waals surface area contributed by atoms with Crippen LogP contribution in [0.25, 0.3) is 0 Å². The van der Waals surface area contributed by atoms with Gasteiger partial charge in [-0.3, -0.25) is 0 Å². The van der Waals surface area contributed by atoms with Gasteiger partial charge in [-0.1, -0.05) is 0 Å². The molecule has 1 saturated heterocycles. The molecule has 0 radical (unpaired) electrons. The number of hydrogen-bond acceptors (Lipinski definition) is 6. The first-order valence-corrected chi connectivity index (χ1v) is 4.02. The molecule has 0 aromatic carbocycles. The molecule has 0 unspecified atom stereocenters. The SMILES string of the molecule is CO[C@H]1O[C@H]([C@H](O)CO)[C@H](O)[C@H]1N. The molecule has 1 heterocycles.